The molecule has 2 heterocycles. The number of para-hydroxylation sites is 1. The zero-order chi connectivity index (χ0) is 17.9. The molecule has 1 aromatic carbocycles. The van der Waals surface area contributed by atoms with Crippen LogP contribution in [0.3, 0.4) is 0 Å². The smallest absolute Gasteiger partial charge is 0.216 e. The summed E-state index contributed by atoms with van der Waals surface area (Å²) >= 11 is 0. The number of hydrogen-bond acceptors (Lipinski definition) is 3. The molecule has 3 aromatic rings. The maximum atomic E-state index is 11.4. The van der Waals surface area contributed by atoms with Gasteiger partial charge in [-0.15, -0.1) is 0 Å². The first-order valence-corrected chi connectivity index (χ1v) is 8.74. The maximum absolute atomic E-state index is 11.4. The molecular formula is C21H19N3O2. The lowest BCUT2D eigenvalue weighted by Gasteiger charge is -2.16. The Morgan fingerprint density at radius 2 is 2.00 bits per heavy atom. The molecule has 0 aliphatic heterocycles. The summed E-state index contributed by atoms with van der Waals surface area (Å²) in [7, 11) is 0. The van der Waals surface area contributed by atoms with Crippen molar-refractivity contribution in [2.45, 2.75) is 18.8 Å². The van der Waals surface area contributed by atoms with Gasteiger partial charge in [-0.3, -0.25) is 15.1 Å². The van der Waals surface area contributed by atoms with Crippen LogP contribution >= 0.6 is 0 Å². The van der Waals surface area contributed by atoms with E-state index in [-0.39, 0.29) is 11.5 Å². The van der Waals surface area contributed by atoms with Crippen LogP contribution in [0.2, 0.25) is 0 Å². The van der Waals surface area contributed by atoms with Crippen molar-refractivity contribution in [1.29, 1.82) is 0 Å². The molecule has 0 unspecified atom stereocenters. The molecule has 1 atom stereocenters. The summed E-state index contributed by atoms with van der Waals surface area (Å²) in [5, 5.41) is 12.5. The van der Waals surface area contributed by atoms with E-state index in [0.29, 0.717) is 0 Å². The Morgan fingerprint density at radius 1 is 1.15 bits per heavy atom. The zero-order valence-corrected chi connectivity index (χ0v) is 14.3. The number of aromatic amines is 1. The number of pyridine rings is 1. The average molecular weight is 345 g/mol. The Hall–Kier alpha value is -3.21. The molecule has 5 nitrogen and oxygen atoms in total. The van der Waals surface area contributed by atoms with Crippen molar-refractivity contribution in [2.24, 2.45) is 0 Å². The fraction of sp³-hybridized carbons (Fsp3) is 0.190. The third kappa shape index (κ3) is 3.04. The molecule has 0 saturated carbocycles. The minimum Gasteiger partial charge on any atom is -0.354 e. The van der Waals surface area contributed by atoms with E-state index in [4.69, 9.17) is 0 Å². The van der Waals surface area contributed by atoms with E-state index >= 15 is 0 Å². The van der Waals surface area contributed by atoms with Gasteiger partial charge >= 0.3 is 0 Å². The average Bonchev–Trinajstić information content (AvgIpc) is 3.07. The number of hydrogen-bond donors (Lipinski definition) is 1. The van der Waals surface area contributed by atoms with Crippen LogP contribution in [0.5, 0.6) is 0 Å². The third-order valence-corrected chi connectivity index (χ3v) is 4.75. The number of nitrogens with one attached hydrogen (secondary N) is 1. The highest BCUT2D eigenvalue weighted by atomic mass is 16.6. The zero-order valence-electron chi connectivity index (χ0n) is 14.3. The summed E-state index contributed by atoms with van der Waals surface area (Å²) in [6.07, 6.45) is 10.1. The molecule has 1 N–H and O–H groups in total. The lowest BCUT2D eigenvalue weighted by molar-refractivity contribution is -0.481. The molecule has 5 heteroatoms. The predicted octanol–water partition coefficient (Wildman–Crippen LogP) is 4.70. The van der Waals surface area contributed by atoms with Crippen molar-refractivity contribution in [2.75, 3.05) is 6.54 Å². The molecule has 0 saturated heterocycles. The highest BCUT2D eigenvalue weighted by Crippen LogP contribution is 2.37. The van der Waals surface area contributed by atoms with Crippen LogP contribution in [-0.2, 0) is 0 Å². The summed E-state index contributed by atoms with van der Waals surface area (Å²) < 4.78 is 0. The van der Waals surface area contributed by atoms with Gasteiger partial charge in [-0.1, -0.05) is 42.5 Å². The van der Waals surface area contributed by atoms with Gasteiger partial charge in [0.15, 0.2) is 0 Å². The van der Waals surface area contributed by atoms with E-state index in [1.54, 1.807) is 6.20 Å². The van der Waals surface area contributed by atoms with Gasteiger partial charge in [-0.05, 0) is 36.6 Å². The number of H-pyrrole nitrogens is 1. The van der Waals surface area contributed by atoms with Crippen LogP contribution in [-0.4, -0.2) is 21.4 Å². The summed E-state index contributed by atoms with van der Waals surface area (Å²) in [4.78, 5) is 19.1. The number of nitro groups is 1. The van der Waals surface area contributed by atoms with Crippen molar-refractivity contribution in [3.63, 3.8) is 0 Å². The first-order chi connectivity index (χ1) is 12.7. The van der Waals surface area contributed by atoms with E-state index in [2.05, 4.69) is 28.2 Å². The highest BCUT2D eigenvalue weighted by Gasteiger charge is 2.28. The number of fused-ring (bicyclic) bond motifs is 1. The van der Waals surface area contributed by atoms with Crippen molar-refractivity contribution in [3.8, 4) is 0 Å². The molecule has 2 aromatic heterocycles. The molecule has 1 aliphatic rings. The summed E-state index contributed by atoms with van der Waals surface area (Å²) in [6.45, 7) is -0.192. The minimum absolute atomic E-state index is 0.192. The second-order valence-electron chi connectivity index (χ2n) is 6.42. The topological polar surface area (TPSA) is 71.8 Å². The summed E-state index contributed by atoms with van der Waals surface area (Å²) in [5.41, 5.74) is 4.71. The van der Waals surface area contributed by atoms with Crippen molar-refractivity contribution < 1.29 is 4.92 Å². The van der Waals surface area contributed by atoms with E-state index < -0.39 is 5.92 Å². The van der Waals surface area contributed by atoms with Crippen LogP contribution in [0.4, 0.5) is 0 Å². The molecular weight excluding hydrogens is 326 g/mol. The third-order valence-electron chi connectivity index (χ3n) is 4.75. The Morgan fingerprint density at radius 3 is 2.73 bits per heavy atom. The fourth-order valence-electron chi connectivity index (χ4n) is 3.62. The normalized spacial score (nSPS) is 15.0. The van der Waals surface area contributed by atoms with Crippen LogP contribution in [0, 0.1) is 10.1 Å². The SMILES string of the molecule is O=[N+]([O-])C[C@H](c1ccccn1)c1c(C2=CCCC=C2)[nH]c2ccccc12. The van der Waals surface area contributed by atoms with E-state index in [0.717, 1.165) is 46.3 Å². The second kappa shape index (κ2) is 6.96. The van der Waals surface area contributed by atoms with Crippen molar-refractivity contribution in [3.05, 3.63) is 94.0 Å². The molecule has 0 fully saturated rings. The standard InChI is InChI=1S/C21H19N3O2/c25-24(26)14-17(18-11-6-7-13-22-18)20-16-10-4-5-12-19(16)23-21(20)15-8-2-1-3-9-15/h2,4-13,17,23H,1,3,14H2/t17-/m1/s1. The van der Waals surface area contributed by atoms with Gasteiger partial charge in [0.2, 0.25) is 6.54 Å². The second-order valence-corrected chi connectivity index (χ2v) is 6.42. The molecule has 0 spiro atoms. The number of aromatic nitrogens is 2. The molecule has 130 valence electrons. The van der Waals surface area contributed by atoms with E-state index in [9.17, 15) is 10.1 Å². The van der Waals surface area contributed by atoms with Crippen molar-refractivity contribution in [1.82, 2.24) is 9.97 Å². The summed E-state index contributed by atoms with van der Waals surface area (Å²) in [5.74, 6) is -0.409. The fourth-order valence-corrected chi connectivity index (χ4v) is 3.62. The molecule has 0 bridgehead atoms. The molecule has 0 radical (unpaired) electrons. The van der Waals surface area contributed by atoms with E-state index in [1.165, 1.54) is 0 Å². The van der Waals surface area contributed by atoms with Crippen LogP contribution in [0.1, 0.15) is 35.7 Å². The molecule has 4 rings (SSSR count). The predicted molar refractivity (Wildman–Crippen MR) is 103 cm³/mol. The number of nitrogens with zero attached hydrogens (tertiary/aromatic N) is 2. The number of rotatable bonds is 5. The van der Waals surface area contributed by atoms with Crippen LogP contribution < -0.4 is 0 Å². The van der Waals surface area contributed by atoms with Gasteiger partial charge in [-0.25, -0.2) is 0 Å². The highest BCUT2D eigenvalue weighted by molar-refractivity contribution is 5.92. The van der Waals surface area contributed by atoms with Gasteiger partial charge in [0.25, 0.3) is 0 Å². The minimum atomic E-state index is -0.409. The lowest BCUT2D eigenvalue weighted by Crippen LogP contribution is -2.16. The Balaban J connectivity index is 1.96. The largest absolute Gasteiger partial charge is 0.354 e. The van der Waals surface area contributed by atoms with Gasteiger partial charge in [-0.2, -0.15) is 0 Å². The molecule has 1 aliphatic carbocycles. The lowest BCUT2D eigenvalue weighted by atomic mass is 9.89. The van der Waals surface area contributed by atoms with Gasteiger partial charge < -0.3 is 4.98 Å². The van der Waals surface area contributed by atoms with Gasteiger partial charge in [0, 0.05) is 27.6 Å². The van der Waals surface area contributed by atoms with E-state index in [1.807, 2.05) is 42.5 Å². The Bertz CT molecular complexity index is 1000. The monoisotopic (exact) mass is 345 g/mol. The van der Waals surface area contributed by atoms with Gasteiger partial charge in [0.05, 0.1) is 17.3 Å². The molecule has 0 amide bonds. The number of benzene rings is 1. The quantitative estimate of drug-likeness (QED) is 0.538. The van der Waals surface area contributed by atoms with Gasteiger partial charge in [0.1, 0.15) is 0 Å². The first-order valence-electron chi connectivity index (χ1n) is 8.74. The number of allylic oxidation sites excluding steroid dienone is 4. The maximum Gasteiger partial charge on any atom is 0.216 e. The first kappa shape index (κ1) is 16.3. The van der Waals surface area contributed by atoms with Crippen LogP contribution in [0.15, 0.2) is 66.9 Å². The molecule has 26 heavy (non-hydrogen) atoms. The summed E-state index contributed by atoms with van der Waals surface area (Å²) in [6, 6.07) is 13.5. The van der Waals surface area contributed by atoms with Crippen LogP contribution in [0.25, 0.3) is 16.5 Å². The Kier molecular flexibility index (Phi) is 4.35. The van der Waals surface area contributed by atoms with Crippen molar-refractivity contribution >= 4 is 16.5 Å². The Labute approximate surface area is 151 Å².